The molecule has 15 heavy (non-hydrogen) atoms. The van der Waals surface area contributed by atoms with E-state index in [2.05, 4.69) is 25.7 Å². The summed E-state index contributed by atoms with van der Waals surface area (Å²) in [6, 6.07) is 1.47. The van der Waals surface area contributed by atoms with Crippen molar-refractivity contribution < 1.29 is 4.74 Å². The first-order valence-electron chi connectivity index (χ1n) is 6.47. The Labute approximate surface area is 95.0 Å². The molecule has 0 aromatic heterocycles. The summed E-state index contributed by atoms with van der Waals surface area (Å²) in [7, 11) is 1.83. The average molecular weight is 213 g/mol. The third-order valence-corrected chi connectivity index (χ3v) is 3.56. The van der Waals surface area contributed by atoms with Crippen molar-refractivity contribution in [3.8, 4) is 0 Å². The molecule has 1 fully saturated rings. The fourth-order valence-corrected chi connectivity index (χ4v) is 2.41. The van der Waals surface area contributed by atoms with Crippen LogP contribution in [-0.2, 0) is 4.74 Å². The molecule has 1 aliphatic rings. The minimum Gasteiger partial charge on any atom is -0.381 e. The molecule has 0 atom stereocenters. The number of hydrogen-bond donors (Lipinski definition) is 0. The Morgan fingerprint density at radius 3 is 2.40 bits per heavy atom. The van der Waals surface area contributed by atoms with Gasteiger partial charge in [-0.25, -0.2) is 0 Å². The average Bonchev–Trinajstić information content (AvgIpc) is 2.13. The van der Waals surface area contributed by atoms with Gasteiger partial charge in [-0.1, -0.05) is 19.8 Å². The summed E-state index contributed by atoms with van der Waals surface area (Å²) in [6.07, 6.45) is 7.04. The largest absolute Gasteiger partial charge is 0.381 e. The number of unbranched alkanes of at least 4 members (excludes halogenated alkanes) is 2. The summed E-state index contributed by atoms with van der Waals surface area (Å²) in [6.45, 7) is 8.16. The van der Waals surface area contributed by atoms with E-state index in [1.165, 1.54) is 38.6 Å². The van der Waals surface area contributed by atoms with Crippen LogP contribution in [-0.4, -0.2) is 36.7 Å². The second-order valence-corrected chi connectivity index (χ2v) is 5.02. The summed E-state index contributed by atoms with van der Waals surface area (Å²) in [5.41, 5.74) is 0. The maximum absolute atomic E-state index is 5.35. The van der Waals surface area contributed by atoms with Crippen LogP contribution >= 0.6 is 0 Å². The minimum absolute atomic E-state index is 0.530. The zero-order valence-electron chi connectivity index (χ0n) is 10.8. The normalized spacial score (nSPS) is 26.0. The summed E-state index contributed by atoms with van der Waals surface area (Å²) in [5, 5.41) is 0. The molecule has 0 saturated heterocycles. The fraction of sp³-hybridized carbons (Fsp3) is 1.00. The molecule has 0 bridgehead atoms. The molecule has 1 aliphatic carbocycles. The Morgan fingerprint density at radius 1 is 1.27 bits per heavy atom. The lowest BCUT2D eigenvalue weighted by molar-refractivity contribution is -0.0370. The number of nitrogens with zero attached hydrogens (tertiary/aromatic N) is 1. The van der Waals surface area contributed by atoms with Crippen LogP contribution in [0.15, 0.2) is 0 Å². The van der Waals surface area contributed by atoms with Crippen LogP contribution in [0.25, 0.3) is 0 Å². The zero-order valence-corrected chi connectivity index (χ0v) is 10.8. The Hall–Kier alpha value is -0.0800. The molecule has 0 aliphatic heterocycles. The summed E-state index contributed by atoms with van der Waals surface area (Å²) >= 11 is 0. The molecular weight excluding hydrogens is 186 g/mol. The second-order valence-electron chi connectivity index (χ2n) is 5.02. The van der Waals surface area contributed by atoms with Gasteiger partial charge in [-0.2, -0.15) is 0 Å². The van der Waals surface area contributed by atoms with Crippen molar-refractivity contribution >= 4 is 0 Å². The minimum atomic E-state index is 0.530. The van der Waals surface area contributed by atoms with Crippen LogP contribution in [0.1, 0.15) is 52.9 Å². The van der Waals surface area contributed by atoms with E-state index in [1.807, 2.05) is 7.11 Å². The topological polar surface area (TPSA) is 12.5 Å². The first-order chi connectivity index (χ1) is 7.19. The Kier molecular flexibility index (Phi) is 5.62. The standard InChI is InChI=1S/C13H27NO/c1-5-6-7-8-14(11(2)3)12-9-13(10-12)15-4/h11-13H,5-10H2,1-4H3/t12-,13-. The van der Waals surface area contributed by atoms with Gasteiger partial charge >= 0.3 is 0 Å². The smallest absolute Gasteiger partial charge is 0.0601 e. The highest BCUT2D eigenvalue weighted by Crippen LogP contribution is 2.29. The van der Waals surface area contributed by atoms with Gasteiger partial charge in [-0.15, -0.1) is 0 Å². The summed E-state index contributed by atoms with van der Waals surface area (Å²) < 4.78 is 5.35. The second kappa shape index (κ2) is 6.49. The highest BCUT2D eigenvalue weighted by Gasteiger charge is 2.34. The van der Waals surface area contributed by atoms with Crippen LogP contribution in [0, 0.1) is 0 Å². The third kappa shape index (κ3) is 3.76. The van der Waals surface area contributed by atoms with Crippen molar-refractivity contribution in [2.75, 3.05) is 13.7 Å². The van der Waals surface area contributed by atoms with Gasteiger partial charge in [0.05, 0.1) is 6.10 Å². The van der Waals surface area contributed by atoms with E-state index in [-0.39, 0.29) is 0 Å². The highest BCUT2D eigenvalue weighted by molar-refractivity contribution is 4.89. The van der Waals surface area contributed by atoms with Crippen molar-refractivity contribution in [3.63, 3.8) is 0 Å². The molecule has 90 valence electrons. The van der Waals surface area contributed by atoms with Gasteiger partial charge in [-0.05, 0) is 39.7 Å². The SMILES string of the molecule is CCCCCN(C(C)C)[C@H]1C[C@H](OC)C1. The molecule has 1 rings (SSSR count). The fourth-order valence-electron chi connectivity index (χ4n) is 2.41. The van der Waals surface area contributed by atoms with Crippen molar-refractivity contribution in [2.45, 2.75) is 71.1 Å². The Bertz CT molecular complexity index is 164. The predicted molar refractivity (Wildman–Crippen MR) is 65.2 cm³/mol. The number of rotatable bonds is 7. The molecular formula is C13H27NO. The predicted octanol–water partition coefficient (Wildman–Crippen LogP) is 3.06. The monoisotopic (exact) mass is 213 g/mol. The third-order valence-electron chi connectivity index (χ3n) is 3.56. The lowest BCUT2D eigenvalue weighted by atomic mass is 9.87. The van der Waals surface area contributed by atoms with E-state index in [9.17, 15) is 0 Å². The van der Waals surface area contributed by atoms with Crippen molar-refractivity contribution in [2.24, 2.45) is 0 Å². The maximum Gasteiger partial charge on any atom is 0.0601 e. The van der Waals surface area contributed by atoms with E-state index in [0.29, 0.717) is 12.1 Å². The molecule has 2 heteroatoms. The number of methoxy groups -OCH3 is 1. The molecule has 0 aromatic carbocycles. The Balaban J connectivity index is 2.25. The number of hydrogen-bond acceptors (Lipinski definition) is 2. The molecule has 0 radical (unpaired) electrons. The first kappa shape index (κ1) is 13.0. The van der Waals surface area contributed by atoms with E-state index < -0.39 is 0 Å². The molecule has 0 heterocycles. The van der Waals surface area contributed by atoms with Crippen molar-refractivity contribution in [1.29, 1.82) is 0 Å². The van der Waals surface area contributed by atoms with E-state index in [0.717, 1.165) is 6.04 Å². The van der Waals surface area contributed by atoms with Gasteiger partial charge in [0.1, 0.15) is 0 Å². The quantitative estimate of drug-likeness (QED) is 0.603. The highest BCUT2D eigenvalue weighted by atomic mass is 16.5. The van der Waals surface area contributed by atoms with Crippen LogP contribution in [0.5, 0.6) is 0 Å². The van der Waals surface area contributed by atoms with Crippen LogP contribution in [0.3, 0.4) is 0 Å². The van der Waals surface area contributed by atoms with Gasteiger partial charge in [0.2, 0.25) is 0 Å². The van der Waals surface area contributed by atoms with E-state index >= 15 is 0 Å². The summed E-state index contributed by atoms with van der Waals surface area (Å²) in [5.74, 6) is 0. The van der Waals surface area contributed by atoms with Gasteiger partial charge in [-0.3, -0.25) is 4.90 Å². The lowest BCUT2D eigenvalue weighted by Crippen LogP contribution is -2.50. The zero-order chi connectivity index (χ0) is 11.3. The van der Waals surface area contributed by atoms with Crippen LogP contribution in [0.4, 0.5) is 0 Å². The van der Waals surface area contributed by atoms with Crippen LogP contribution in [0.2, 0.25) is 0 Å². The molecule has 2 nitrogen and oxygen atoms in total. The van der Waals surface area contributed by atoms with Gasteiger partial charge in [0.25, 0.3) is 0 Å². The molecule has 0 aromatic rings. The van der Waals surface area contributed by atoms with Gasteiger partial charge in [0.15, 0.2) is 0 Å². The van der Waals surface area contributed by atoms with E-state index in [1.54, 1.807) is 0 Å². The molecule has 0 N–H and O–H groups in total. The first-order valence-corrected chi connectivity index (χ1v) is 6.47. The summed E-state index contributed by atoms with van der Waals surface area (Å²) in [4.78, 5) is 2.66. The Morgan fingerprint density at radius 2 is 1.93 bits per heavy atom. The van der Waals surface area contributed by atoms with E-state index in [4.69, 9.17) is 4.74 Å². The molecule has 1 saturated carbocycles. The maximum atomic E-state index is 5.35. The number of ether oxygens (including phenoxy) is 1. The van der Waals surface area contributed by atoms with Crippen molar-refractivity contribution in [3.05, 3.63) is 0 Å². The molecule has 0 spiro atoms. The van der Waals surface area contributed by atoms with Gasteiger partial charge < -0.3 is 4.74 Å². The lowest BCUT2D eigenvalue weighted by Gasteiger charge is -2.44. The van der Waals surface area contributed by atoms with Crippen molar-refractivity contribution in [1.82, 2.24) is 4.90 Å². The molecule has 0 unspecified atom stereocenters. The molecule has 0 amide bonds. The van der Waals surface area contributed by atoms with Crippen LogP contribution < -0.4 is 0 Å². The van der Waals surface area contributed by atoms with Gasteiger partial charge in [0, 0.05) is 19.2 Å².